The van der Waals surface area contributed by atoms with Gasteiger partial charge in [-0.2, -0.15) is 0 Å². The van der Waals surface area contributed by atoms with Crippen LogP contribution in [0.4, 0.5) is 0 Å². The predicted molar refractivity (Wildman–Crippen MR) is 86.2 cm³/mol. The molecule has 0 saturated heterocycles. The van der Waals surface area contributed by atoms with Crippen molar-refractivity contribution in [3.05, 3.63) is 28.8 Å². The average molecular weight is 298 g/mol. The zero-order valence-corrected chi connectivity index (χ0v) is 13.7. The van der Waals surface area contributed by atoms with Crippen LogP contribution in [0.15, 0.2) is 23.1 Å². The number of hydrogen-bond donors (Lipinski definition) is 1. The summed E-state index contributed by atoms with van der Waals surface area (Å²) < 4.78 is 0. The van der Waals surface area contributed by atoms with Crippen molar-refractivity contribution < 1.29 is 0 Å². The molecule has 0 amide bonds. The van der Waals surface area contributed by atoms with Crippen LogP contribution < -0.4 is 5.32 Å². The molecule has 2 rings (SSSR count). The molecule has 19 heavy (non-hydrogen) atoms. The SMILES string of the molecule is CC(C)(C)NCc1cc(Cl)ccc1SC1CCCC1. The van der Waals surface area contributed by atoms with Crippen LogP contribution in [0.25, 0.3) is 0 Å². The van der Waals surface area contributed by atoms with Crippen LogP contribution in [-0.4, -0.2) is 10.8 Å². The van der Waals surface area contributed by atoms with Gasteiger partial charge in [0.05, 0.1) is 0 Å². The highest BCUT2D eigenvalue weighted by molar-refractivity contribution is 8.00. The minimum atomic E-state index is 0.137. The Bertz CT molecular complexity index is 419. The van der Waals surface area contributed by atoms with Crippen molar-refractivity contribution >= 4 is 23.4 Å². The third kappa shape index (κ3) is 5.02. The van der Waals surface area contributed by atoms with Crippen LogP contribution in [0.3, 0.4) is 0 Å². The predicted octanol–water partition coefficient (Wildman–Crippen LogP) is 5.26. The Hall–Kier alpha value is -0.180. The number of nitrogens with one attached hydrogen (secondary N) is 1. The Morgan fingerprint density at radius 2 is 1.95 bits per heavy atom. The molecule has 0 unspecified atom stereocenters. The largest absolute Gasteiger partial charge is 0.308 e. The Kier molecular flexibility index (Phi) is 5.22. The van der Waals surface area contributed by atoms with Crippen molar-refractivity contribution in [2.75, 3.05) is 0 Å². The van der Waals surface area contributed by atoms with Crippen molar-refractivity contribution in [3.8, 4) is 0 Å². The quantitative estimate of drug-likeness (QED) is 0.813. The van der Waals surface area contributed by atoms with Gasteiger partial charge in [-0.15, -0.1) is 11.8 Å². The normalized spacial score (nSPS) is 17.1. The molecule has 0 radical (unpaired) electrons. The first kappa shape index (κ1) is 15.2. The maximum Gasteiger partial charge on any atom is 0.0410 e. The molecule has 1 N–H and O–H groups in total. The second-order valence-electron chi connectivity index (χ2n) is 6.38. The second-order valence-corrected chi connectivity index (χ2v) is 8.16. The zero-order valence-electron chi connectivity index (χ0n) is 12.1. The van der Waals surface area contributed by atoms with E-state index in [9.17, 15) is 0 Å². The van der Waals surface area contributed by atoms with Gasteiger partial charge in [-0.3, -0.25) is 0 Å². The summed E-state index contributed by atoms with van der Waals surface area (Å²) in [5.74, 6) is 0. The molecule has 106 valence electrons. The van der Waals surface area contributed by atoms with Gasteiger partial charge in [0.2, 0.25) is 0 Å². The van der Waals surface area contributed by atoms with E-state index in [4.69, 9.17) is 11.6 Å². The molecule has 1 aromatic carbocycles. The van der Waals surface area contributed by atoms with E-state index in [1.54, 1.807) is 0 Å². The van der Waals surface area contributed by atoms with Gasteiger partial charge in [0.15, 0.2) is 0 Å². The molecule has 3 heteroatoms. The lowest BCUT2D eigenvalue weighted by atomic mass is 10.1. The molecule has 0 bridgehead atoms. The van der Waals surface area contributed by atoms with Crippen molar-refractivity contribution in [2.45, 2.75) is 68.7 Å². The van der Waals surface area contributed by atoms with Crippen molar-refractivity contribution in [2.24, 2.45) is 0 Å². The first-order chi connectivity index (χ1) is 8.94. The monoisotopic (exact) mass is 297 g/mol. The fourth-order valence-corrected chi connectivity index (χ4v) is 3.90. The van der Waals surface area contributed by atoms with Crippen molar-refractivity contribution in [3.63, 3.8) is 0 Å². The number of hydrogen-bond acceptors (Lipinski definition) is 2. The topological polar surface area (TPSA) is 12.0 Å². The summed E-state index contributed by atoms with van der Waals surface area (Å²) in [7, 11) is 0. The van der Waals surface area contributed by atoms with E-state index in [2.05, 4.69) is 38.2 Å². The average Bonchev–Trinajstić information content (AvgIpc) is 2.81. The van der Waals surface area contributed by atoms with Gasteiger partial charge in [-0.05, 0) is 57.4 Å². The van der Waals surface area contributed by atoms with Gasteiger partial charge in [0.25, 0.3) is 0 Å². The lowest BCUT2D eigenvalue weighted by Crippen LogP contribution is -2.35. The summed E-state index contributed by atoms with van der Waals surface area (Å²) in [5.41, 5.74) is 1.47. The molecule has 1 aromatic rings. The lowest BCUT2D eigenvalue weighted by Gasteiger charge is -2.22. The van der Waals surface area contributed by atoms with E-state index in [-0.39, 0.29) is 5.54 Å². The van der Waals surface area contributed by atoms with Gasteiger partial charge in [0, 0.05) is 27.3 Å². The van der Waals surface area contributed by atoms with Crippen LogP contribution in [0.5, 0.6) is 0 Å². The van der Waals surface area contributed by atoms with E-state index in [0.29, 0.717) is 0 Å². The number of halogens is 1. The Morgan fingerprint density at radius 3 is 2.58 bits per heavy atom. The molecule has 1 nitrogen and oxygen atoms in total. The molecule has 0 aliphatic heterocycles. The first-order valence-corrected chi connectivity index (χ1v) is 8.40. The van der Waals surface area contributed by atoms with Crippen molar-refractivity contribution in [1.82, 2.24) is 5.32 Å². The summed E-state index contributed by atoms with van der Waals surface area (Å²) in [5, 5.41) is 5.19. The maximum absolute atomic E-state index is 6.15. The minimum absolute atomic E-state index is 0.137. The van der Waals surface area contributed by atoms with Crippen LogP contribution >= 0.6 is 23.4 Å². The molecule has 0 atom stereocenters. The highest BCUT2D eigenvalue weighted by Gasteiger charge is 2.18. The molecule has 1 saturated carbocycles. The number of benzene rings is 1. The fraction of sp³-hybridized carbons (Fsp3) is 0.625. The smallest absolute Gasteiger partial charge is 0.0410 e. The zero-order chi connectivity index (χ0) is 13.9. The molecule has 1 aliphatic carbocycles. The molecule has 0 spiro atoms. The summed E-state index contributed by atoms with van der Waals surface area (Å²) in [6, 6.07) is 6.31. The Balaban J connectivity index is 2.08. The highest BCUT2D eigenvalue weighted by Crippen LogP contribution is 2.37. The molecule has 0 heterocycles. The Labute approximate surface area is 126 Å². The first-order valence-electron chi connectivity index (χ1n) is 7.14. The Morgan fingerprint density at radius 1 is 1.26 bits per heavy atom. The van der Waals surface area contributed by atoms with E-state index in [1.807, 2.05) is 17.8 Å². The van der Waals surface area contributed by atoms with Crippen LogP contribution in [-0.2, 0) is 6.54 Å². The maximum atomic E-state index is 6.15. The van der Waals surface area contributed by atoms with Crippen LogP contribution in [0.1, 0.15) is 52.0 Å². The number of rotatable bonds is 4. The molecule has 0 aromatic heterocycles. The second kappa shape index (κ2) is 6.51. The summed E-state index contributed by atoms with van der Waals surface area (Å²) in [6.07, 6.45) is 5.50. The van der Waals surface area contributed by atoms with Gasteiger partial charge >= 0.3 is 0 Å². The van der Waals surface area contributed by atoms with Crippen LogP contribution in [0, 0.1) is 0 Å². The summed E-state index contributed by atoms with van der Waals surface area (Å²) in [4.78, 5) is 1.40. The van der Waals surface area contributed by atoms with E-state index < -0.39 is 0 Å². The minimum Gasteiger partial charge on any atom is -0.308 e. The fourth-order valence-electron chi connectivity index (χ4n) is 2.35. The standard InChI is InChI=1S/C16H24ClNS/c1-16(2,3)18-11-12-10-13(17)8-9-15(12)19-14-6-4-5-7-14/h8-10,14,18H,4-7,11H2,1-3H3. The third-order valence-electron chi connectivity index (χ3n) is 3.43. The van der Waals surface area contributed by atoms with Gasteiger partial charge in [-0.1, -0.05) is 24.4 Å². The van der Waals surface area contributed by atoms with Crippen LogP contribution in [0.2, 0.25) is 5.02 Å². The van der Waals surface area contributed by atoms with E-state index in [0.717, 1.165) is 16.8 Å². The van der Waals surface area contributed by atoms with E-state index in [1.165, 1.54) is 36.1 Å². The number of thioether (sulfide) groups is 1. The summed E-state index contributed by atoms with van der Waals surface area (Å²) in [6.45, 7) is 7.48. The summed E-state index contributed by atoms with van der Waals surface area (Å²) >= 11 is 8.18. The molecule has 1 aliphatic rings. The highest BCUT2D eigenvalue weighted by atomic mass is 35.5. The van der Waals surface area contributed by atoms with E-state index >= 15 is 0 Å². The molecular weight excluding hydrogens is 274 g/mol. The third-order valence-corrected chi connectivity index (χ3v) is 5.12. The van der Waals surface area contributed by atoms with Crippen molar-refractivity contribution in [1.29, 1.82) is 0 Å². The lowest BCUT2D eigenvalue weighted by molar-refractivity contribution is 0.422. The molecular formula is C16H24ClNS. The molecule has 1 fully saturated rings. The van der Waals surface area contributed by atoms with Gasteiger partial charge in [-0.25, -0.2) is 0 Å². The van der Waals surface area contributed by atoms with Gasteiger partial charge < -0.3 is 5.32 Å². The van der Waals surface area contributed by atoms with Gasteiger partial charge in [0.1, 0.15) is 0 Å².